The molecule has 0 aliphatic heterocycles. The van der Waals surface area contributed by atoms with Crippen molar-refractivity contribution in [2.75, 3.05) is 6.61 Å². The molecule has 0 rings (SSSR count). The lowest BCUT2D eigenvalue weighted by molar-refractivity contribution is -0.143. The van der Waals surface area contributed by atoms with Gasteiger partial charge in [0, 0.05) is 13.3 Å². The second-order valence-corrected chi connectivity index (χ2v) is 1.78. The minimum Gasteiger partial charge on any atom is -0.466 e. The molecule has 3 nitrogen and oxygen atoms in total. The lowest BCUT2D eigenvalue weighted by Crippen LogP contribution is -2.01. The molecule has 0 amide bonds. The Morgan fingerprint density at radius 3 is 2.27 bits per heavy atom. The molecule has 11 heavy (non-hydrogen) atoms. The number of carbonyl (C=O) groups is 1. The molecule has 0 aromatic heterocycles. The Kier molecular flexibility index (Phi) is 13.4. The summed E-state index contributed by atoms with van der Waals surface area (Å²) in [4.78, 5) is 10.4. The number of esters is 1. The summed E-state index contributed by atoms with van der Waals surface area (Å²) in [5.41, 5.74) is 0. The van der Waals surface area contributed by atoms with Crippen molar-refractivity contribution in [2.45, 2.75) is 33.6 Å². The Morgan fingerprint density at radius 2 is 2.00 bits per heavy atom. The van der Waals surface area contributed by atoms with Crippen LogP contribution in [0.4, 0.5) is 0 Å². The number of rotatable bonds is 3. The topological polar surface area (TPSA) is 50.1 Å². The number of hydrogen-bond acceptors (Lipinski definition) is 3. The van der Waals surface area contributed by atoms with Gasteiger partial charge < -0.3 is 4.74 Å². The van der Waals surface area contributed by atoms with Gasteiger partial charge in [-0.3, -0.25) is 4.79 Å². The molecule has 0 fully saturated rings. The van der Waals surface area contributed by atoms with E-state index in [1.165, 1.54) is 6.92 Å². The molecule has 0 aliphatic rings. The third-order valence-electron chi connectivity index (χ3n) is 0.759. The normalized spacial score (nSPS) is 7.09. The summed E-state index contributed by atoms with van der Waals surface area (Å²) in [5, 5.41) is 7.32. The highest BCUT2D eigenvalue weighted by Gasteiger charge is 1.95. The first-order chi connectivity index (χ1) is 5.22. The van der Waals surface area contributed by atoms with Crippen LogP contribution in [0.1, 0.15) is 33.6 Å². The van der Waals surface area contributed by atoms with Crippen LogP contribution in [-0.2, 0) is 9.53 Å². The van der Waals surface area contributed by atoms with Crippen molar-refractivity contribution in [3.63, 3.8) is 0 Å². The molecular formula is C8H15NO2. The van der Waals surface area contributed by atoms with E-state index in [4.69, 9.17) is 5.26 Å². The predicted molar refractivity (Wildman–Crippen MR) is 42.8 cm³/mol. The van der Waals surface area contributed by atoms with E-state index in [1.807, 2.05) is 13.8 Å². The van der Waals surface area contributed by atoms with Crippen molar-refractivity contribution in [1.29, 1.82) is 5.26 Å². The fourth-order valence-corrected chi connectivity index (χ4v) is 0.437. The van der Waals surface area contributed by atoms with Crippen LogP contribution >= 0.6 is 0 Å². The summed E-state index contributed by atoms with van der Waals surface area (Å²) >= 11 is 0. The largest absolute Gasteiger partial charge is 0.466 e. The molecule has 0 aromatic rings. The number of nitrogens with zero attached hydrogens (tertiary/aromatic N) is 1. The molecule has 3 heteroatoms. The molecule has 0 aliphatic carbocycles. The molecule has 0 spiro atoms. The van der Waals surface area contributed by atoms with E-state index in [-0.39, 0.29) is 5.97 Å². The fourth-order valence-electron chi connectivity index (χ4n) is 0.437. The zero-order valence-corrected chi connectivity index (χ0v) is 7.39. The summed E-state index contributed by atoms with van der Waals surface area (Å²) in [6.07, 6.45) is 1.42. The Balaban J connectivity index is 0. The maximum Gasteiger partial charge on any atom is 0.305 e. The van der Waals surface area contributed by atoms with Crippen LogP contribution in [0.2, 0.25) is 0 Å². The van der Waals surface area contributed by atoms with Gasteiger partial charge in [0.05, 0.1) is 12.7 Å². The monoisotopic (exact) mass is 157 g/mol. The lowest BCUT2D eigenvalue weighted by Gasteiger charge is -1.96. The molecule has 0 unspecified atom stereocenters. The number of hydrogen-bond donors (Lipinski definition) is 0. The van der Waals surface area contributed by atoms with Gasteiger partial charge >= 0.3 is 5.97 Å². The lowest BCUT2D eigenvalue weighted by atomic mass is 10.3. The van der Waals surface area contributed by atoms with Gasteiger partial charge in [0.15, 0.2) is 0 Å². The molecule has 0 bridgehead atoms. The van der Waals surface area contributed by atoms with Gasteiger partial charge in [0.25, 0.3) is 0 Å². The molecule has 0 atom stereocenters. The van der Waals surface area contributed by atoms with E-state index in [0.717, 1.165) is 6.42 Å². The van der Waals surface area contributed by atoms with Gasteiger partial charge in [-0.15, -0.1) is 0 Å². The maximum atomic E-state index is 10.4. The number of ether oxygens (including phenoxy) is 1. The quantitative estimate of drug-likeness (QED) is 0.588. The molecule has 0 aromatic carbocycles. The van der Waals surface area contributed by atoms with Crippen molar-refractivity contribution >= 4 is 5.97 Å². The van der Waals surface area contributed by atoms with Crippen molar-refractivity contribution in [3.05, 3.63) is 0 Å². The molecule has 0 radical (unpaired) electrons. The van der Waals surface area contributed by atoms with Gasteiger partial charge in [-0.05, 0) is 13.3 Å². The highest BCUT2D eigenvalue weighted by Crippen LogP contribution is 1.89. The fraction of sp³-hybridized carbons (Fsp3) is 0.750. The standard InChI is InChI=1S/C6H12O2.C2H3N/c1-3-5-6(7)8-4-2;1-2-3/h3-5H2,1-2H3;1H3. The summed E-state index contributed by atoms with van der Waals surface area (Å²) in [6, 6.07) is 1.75. The minimum absolute atomic E-state index is 0.0880. The van der Waals surface area contributed by atoms with Crippen LogP contribution in [0, 0.1) is 11.3 Å². The summed E-state index contributed by atoms with van der Waals surface area (Å²) in [7, 11) is 0. The SMILES string of the molecule is CC#N.CCCC(=O)OCC. The van der Waals surface area contributed by atoms with Gasteiger partial charge in [-0.25, -0.2) is 0 Å². The molecule has 0 N–H and O–H groups in total. The highest BCUT2D eigenvalue weighted by atomic mass is 16.5. The molecule has 0 saturated heterocycles. The smallest absolute Gasteiger partial charge is 0.305 e. The number of nitriles is 1. The first-order valence-corrected chi connectivity index (χ1v) is 3.69. The first-order valence-electron chi connectivity index (χ1n) is 3.69. The van der Waals surface area contributed by atoms with Gasteiger partial charge in [-0.2, -0.15) is 5.26 Å². The van der Waals surface area contributed by atoms with E-state index in [9.17, 15) is 4.79 Å². The minimum atomic E-state index is -0.0880. The van der Waals surface area contributed by atoms with Gasteiger partial charge in [0.1, 0.15) is 0 Å². The number of carbonyl (C=O) groups excluding carboxylic acids is 1. The van der Waals surface area contributed by atoms with Crippen LogP contribution in [-0.4, -0.2) is 12.6 Å². The third-order valence-corrected chi connectivity index (χ3v) is 0.759. The molecule has 0 saturated carbocycles. The van der Waals surface area contributed by atoms with Crippen LogP contribution in [0.3, 0.4) is 0 Å². The Hall–Kier alpha value is -1.04. The van der Waals surface area contributed by atoms with E-state index in [1.54, 1.807) is 6.07 Å². The van der Waals surface area contributed by atoms with Crippen LogP contribution in [0.15, 0.2) is 0 Å². The van der Waals surface area contributed by atoms with E-state index < -0.39 is 0 Å². The molecular weight excluding hydrogens is 142 g/mol. The van der Waals surface area contributed by atoms with E-state index in [0.29, 0.717) is 13.0 Å². The summed E-state index contributed by atoms with van der Waals surface area (Å²) in [5.74, 6) is -0.0880. The Labute approximate surface area is 68.0 Å². The van der Waals surface area contributed by atoms with Crippen molar-refractivity contribution in [3.8, 4) is 6.07 Å². The average Bonchev–Trinajstić information content (AvgIpc) is 1.90. The summed E-state index contributed by atoms with van der Waals surface area (Å²) < 4.78 is 4.64. The van der Waals surface area contributed by atoms with Crippen LogP contribution < -0.4 is 0 Å². The van der Waals surface area contributed by atoms with E-state index in [2.05, 4.69) is 4.74 Å². The Morgan fingerprint density at radius 1 is 1.55 bits per heavy atom. The first kappa shape index (κ1) is 12.6. The van der Waals surface area contributed by atoms with Crippen LogP contribution in [0.5, 0.6) is 0 Å². The highest BCUT2D eigenvalue weighted by molar-refractivity contribution is 5.69. The second kappa shape index (κ2) is 11.7. The van der Waals surface area contributed by atoms with Crippen molar-refractivity contribution in [1.82, 2.24) is 0 Å². The second-order valence-electron chi connectivity index (χ2n) is 1.78. The maximum absolute atomic E-state index is 10.4. The molecule has 0 heterocycles. The van der Waals surface area contributed by atoms with E-state index >= 15 is 0 Å². The van der Waals surface area contributed by atoms with Gasteiger partial charge in [-0.1, -0.05) is 6.92 Å². The average molecular weight is 157 g/mol. The third kappa shape index (κ3) is 17.6. The zero-order valence-electron chi connectivity index (χ0n) is 7.39. The van der Waals surface area contributed by atoms with Crippen molar-refractivity contribution < 1.29 is 9.53 Å². The Bertz CT molecular complexity index is 119. The zero-order chi connectivity index (χ0) is 9.11. The summed E-state index contributed by atoms with van der Waals surface area (Å²) in [6.45, 7) is 5.70. The van der Waals surface area contributed by atoms with Crippen LogP contribution in [0.25, 0.3) is 0 Å². The van der Waals surface area contributed by atoms with Gasteiger partial charge in [0.2, 0.25) is 0 Å². The van der Waals surface area contributed by atoms with Crippen molar-refractivity contribution in [2.24, 2.45) is 0 Å². The predicted octanol–water partition coefficient (Wildman–Crippen LogP) is 1.88. The molecule has 64 valence electrons.